The number of nitrogens with one attached hydrogen (secondary N) is 1. The highest BCUT2D eigenvalue weighted by Gasteiger charge is 2.08. The number of rotatable bonds is 2. The zero-order valence-corrected chi connectivity index (χ0v) is 8.42. The second-order valence-electron chi connectivity index (χ2n) is 3.36. The molecule has 1 aliphatic heterocycles. The van der Waals surface area contributed by atoms with Crippen LogP contribution in [0.4, 0.5) is 0 Å². The first-order valence-corrected chi connectivity index (χ1v) is 4.51. The van der Waals surface area contributed by atoms with E-state index in [1.54, 1.807) is 0 Å². The molecule has 3 heteroatoms. The van der Waals surface area contributed by atoms with Crippen molar-refractivity contribution in [3.8, 4) is 0 Å². The molecule has 1 rings (SSSR count). The minimum Gasteiger partial charge on any atom is -0.374 e. The van der Waals surface area contributed by atoms with Gasteiger partial charge in [0.1, 0.15) is 0 Å². The third kappa shape index (κ3) is 2.93. The van der Waals surface area contributed by atoms with Crippen molar-refractivity contribution in [1.29, 1.82) is 0 Å². The normalized spacial score (nSPS) is 16.4. The molecule has 1 N–H and O–H groups in total. The molecule has 0 bridgehead atoms. The molecule has 0 saturated carbocycles. The van der Waals surface area contributed by atoms with Gasteiger partial charge in [-0.1, -0.05) is 6.92 Å². The van der Waals surface area contributed by atoms with E-state index in [1.807, 2.05) is 27.0 Å². The molecule has 0 aromatic heterocycles. The molecule has 0 fully saturated rings. The summed E-state index contributed by atoms with van der Waals surface area (Å²) in [7, 11) is 1.99. The summed E-state index contributed by atoms with van der Waals surface area (Å²) in [5, 5.41) is 2.87. The first-order chi connectivity index (χ1) is 6.11. The van der Waals surface area contributed by atoms with Crippen molar-refractivity contribution >= 4 is 5.91 Å². The zero-order chi connectivity index (χ0) is 9.84. The number of carbonyl (C=O) groups excluding carboxylic acids is 1. The molecule has 1 aliphatic rings. The van der Waals surface area contributed by atoms with Crippen LogP contribution in [0.5, 0.6) is 0 Å². The van der Waals surface area contributed by atoms with Crippen LogP contribution in [0.25, 0.3) is 0 Å². The molecule has 72 valence electrons. The number of hydrogen-bond acceptors (Lipinski definition) is 2. The minimum atomic E-state index is 0.0781. The fourth-order valence-corrected chi connectivity index (χ4v) is 1.36. The Morgan fingerprint density at radius 3 is 2.92 bits per heavy atom. The second kappa shape index (κ2) is 4.12. The topological polar surface area (TPSA) is 32.3 Å². The molecule has 1 amide bonds. The van der Waals surface area contributed by atoms with Crippen molar-refractivity contribution < 1.29 is 4.79 Å². The van der Waals surface area contributed by atoms with Gasteiger partial charge in [0.15, 0.2) is 0 Å². The lowest BCUT2D eigenvalue weighted by molar-refractivity contribution is -0.120. The number of amides is 1. The summed E-state index contributed by atoms with van der Waals surface area (Å²) < 4.78 is 0. The molecule has 3 nitrogen and oxygen atoms in total. The van der Waals surface area contributed by atoms with Gasteiger partial charge in [0, 0.05) is 25.4 Å². The molecular formula is C10H16N2O. The highest BCUT2D eigenvalue weighted by Crippen LogP contribution is 2.09. The fraction of sp³-hybridized carbons (Fsp3) is 0.500. The summed E-state index contributed by atoms with van der Waals surface area (Å²) in [5.41, 5.74) is 2.15. The Hall–Kier alpha value is -1.25. The number of likely N-dealkylation sites (N-methyl/N-ethyl adjacent to an activating group) is 1. The highest BCUT2D eigenvalue weighted by atomic mass is 16.1. The summed E-state index contributed by atoms with van der Waals surface area (Å²) in [5.74, 6) is 0.0781. The van der Waals surface area contributed by atoms with Gasteiger partial charge in [-0.05, 0) is 18.6 Å². The maximum Gasteiger partial charge on any atom is 0.223 e. The van der Waals surface area contributed by atoms with Gasteiger partial charge in [-0.3, -0.25) is 4.79 Å². The predicted molar refractivity (Wildman–Crippen MR) is 52.9 cm³/mol. The Balaban J connectivity index is 2.61. The van der Waals surface area contributed by atoms with Gasteiger partial charge in [-0.15, -0.1) is 0 Å². The molecule has 1 heterocycles. The van der Waals surface area contributed by atoms with Crippen molar-refractivity contribution in [2.24, 2.45) is 0 Å². The molecule has 0 atom stereocenters. The molecule has 0 aromatic carbocycles. The highest BCUT2D eigenvalue weighted by molar-refractivity contribution is 5.77. The summed E-state index contributed by atoms with van der Waals surface area (Å²) in [6.45, 7) is 4.65. The van der Waals surface area contributed by atoms with Crippen LogP contribution in [0.1, 0.15) is 20.3 Å². The lowest BCUT2D eigenvalue weighted by atomic mass is 10.2. The quantitative estimate of drug-likeness (QED) is 0.693. The average molecular weight is 180 g/mol. The Morgan fingerprint density at radius 2 is 2.38 bits per heavy atom. The van der Waals surface area contributed by atoms with Crippen molar-refractivity contribution in [2.75, 3.05) is 13.6 Å². The lowest BCUT2D eigenvalue weighted by Gasteiger charge is -2.22. The van der Waals surface area contributed by atoms with Gasteiger partial charge < -0.3 is 10.2 Å². The molecule has 0 saturated heterocycles. The van der Waals surface area contributed by atoms with E-state index in [1.165, 1.54) is 5.57 Å². The summed E-state index contributed by atoms with van der Waals surface area (Å²) in [6.07, 6.45) is 4.60. The Kier molecular flexibility index (Phi) is 3.12. The van der Waals surface area contributed by atoms with Crippen LogP contribution in [0, 0.1) is 0 Å². The van der Waals surface area contributed by atoms with Gasteiger partial charge in [-0.2, -0.15) is 0 Å². The SMILES string of the molecule is CCC(=O)NC1=CC(C)=CN(C)C1. The molecule has 0 aromatic rings. The average Bonchev–Trinajstić information content (AvgIpc) is 2.02. The smallest absolute Gasteiger partial charge is 0.223 e. The summed E-state index contributed by atoms with van der Waals surface area (Å²) in [4.78, 5) is 13.2. The van der Waals surface area contributed by atoms with E-state index in [0.717, 1.165) is 12.2 Å². The van der Waals surface area contributed by atoms with Crippen molar-refractivity contribution in [3.05, 3.63) is 23.5 Å². The van der Waals surface area contributed by atoms with Gasteiger partial charge >= 0.3 is 0 Å². The van der Waals surface area contributed by atoms with Crippen LogP contribution in [0.2, 0.25) is 0 Å². The predicted octanol–water partition coefficient (Wildman–Crippen LogP) is 1.25. The molecule has 0 spiro atoms. The van der Waals surface area contributed by atoms with Crippen LogP contribution >= 0.6 is 0 Å². The summed E-state index contributed by atoms with van der Waals surface area (Å²) in [6, 6.07) is 0. The monoisotopic (exact) mass is 180 g/mol. The molecule has 0 unspecified atom stereocenters. The molecule has 0 radical (unpaired) electrons. The molecular weight excluding hydrogens is 164 g/mol. The maximum absolute atomic E-state index is 11.1. The van der Waals surface area contributed by atoms with E-state index in [0.29, 0.717) is 6.42 Å². The Bertz CT molecular complexity index is 266. The van der Waals surface area contributed by atoms with Crippen LogP contribution in [-0.4, -0.2) is 24.4 Å². The van der Waals surface area contributed by atoms with Crippen LogP contribution in [-0.2, 0) is 4.79 Å². The minimum absolute atomic E-state index is 0.0781. The zero-order valence-electron chi connectivity index (χ0n) is 8.42. The third-order valence-electron chi connectivity index (χ3n) is 1.87. The van der Waals surface area contributed by atoms with Crippen molar-refractivity contribution in [1.82, 2.24) is 10.2 Å². The lowest BCUT2D eigenvalue weighted by Crippen LogP contribution is -2.30. The Morgan fingerprint density at radius 1 is 1.69 bits per heavy atom. The number of carbonyl (C=O) groups is 1. The van der Waals surface area contributed by atoms with Gasteiger partial charge in [0.2, 0.25) is 5.91 Å². The van der Waals surface area contributed by atoms with Crippen LogP contribution < -0.4 is 5.32 Å². The van der Waals surface area contributed by atoms with E-state index in [9.17, 15) is 4.79 Å². The van der Waals surface area contributed by atoms with Gasteiger partial charge in [0.25, 0.3) is 0 Å². The van der Waals surface area contributed by atoms with Crippen LogP contribution in [0.15, 0.2) is 23.5 Å². The number of allylic oxidation sites excluding steroid dienone is 2. The van der Waals surface area contributed by atoms with Crippen LogP contribution in [0.3, 0.4) is 0 Å². The van der Waals surface area contributed by atoms with Gasteiger partial charge in [-0.25, -0.2) is 0 Å². The Labute approximate surface area is 79.1 Å². The fourth-order valence-electron chi connectivity index (χ4n) is 1.36. The van der Waals surface area contributed by atoms with Crippen molar-refractivity contribution in [3.63, 3.8) is 0 Å². The number of hydrogen-bond donors (Lipinski definition) is 1. The van der Waals surface area contributed by atoms with Crippen molar-refractivity contribution in [2.45, 2.75) is 20.3 Å². The number of nitrogens with zero attached hydrogens (tertiary/aromatic N) is 1. The molecule has 13 heavy (non-hydrogen) atoms. The van der Waals surface area contributed by atoms with E-state index < -0.39 is 0 Å². The largest absolute Gasteiger partial charge is 0.374 e. The van der Waals surface area contributed by atoms with E-state index in [4.69, 9.17) is 0 Å². The van der Waals surface area contributed by atoms with E-state index >= 15 is 0 Å². The second-order valence-corrected chi connectivity index (χ2v) is 3.36. The standard InChI is InChI=1S/C10H16N2O/c1-4-10(13)11-9-5-8(2)6-12(3)7-9/h5-6H,4,7H2,1-3H3,(H,11,13). The third-order valence-corrected chi connectivity index (χ3v) is 1.87. The van der Waals surface area contributed by atoms with E-state index in [2.05, 4.69) is 16.4 Å². The summed E-state index contributed by atoms with van der Waals surface area (Å²) >= 11 is 0. The van der Waals surface area contributed by atoms with Gasteiger partial charge in [0.05, 0.1) is 6.54 Å². The first kappa shape index (κ1) is 9.84. The maximum atomic E-state index is 11.1. The first-order valence-electron chi connectivity index (χ1n) is 4.51. The molecule has 0 aliphatic carbocycles. The van der Waals surface area contributed by atoms with E-state index in [-0.39, 0.29) is 5.91 Å².